The van der Waals surface area contributed by atoms with Crippen molar-refractivity contribution in [2.24, 2.45) is 0 Å². The van der Waals surface area contributed by atoms with Gasteiger partial charge in [0.05, 0.1) is 3.79 Å². The van der Waals surface area contributed by atoms with Gasteiger partial charge >= 0.3 is 0 Å². The van der Waals surface area contributed by atoms with Crippen molar-refractivity contribution in [3.63, 3.8) is 0 Å². The highest BCUT2D eigenvalue weighted by molar-refractivity contribution is 9.11. The Hall–Kier alpha value is -0.230. The average Bonchev–Trinajstić information content (AvgIpc) is 2.68. The van der Waals surface area contributed by atoms with Gasteiger partial charge in [-0.2, -0.15) is 0 Å². The fourth-order valence-electron chi connectivity index (χ4n) is 1.91. The van der Waals surface area contributed by atoms with Gasteiger partial charge in [0.1, 0.15) is 5.82 Å². The van der Waals surface area contributed by atoms with Crippen molar-refractivity contribution >= 4 is 43.2 Å². The van der Waals surface area contributed by atoms with Gasteiger partial charge in [-0.25, -0.2) is 4.39 Å². The third kappa shape index (κ3) is 3.66. The summed E-state index contributed by atoms with van der Waals surface area (Å²) < 4.78 is 15.1. The lowest BCUT2D eigenvalue weighted by molar-refractivity contribution is 0.596. The first-order valence-corrected chi connectivity index (χ1v) is 8.28. The summed E-state index contributed by atoms with van der Waals surface area (Å²) in [7, 11) is 1.95. The monoisotopic (exact) mass is 405 g/mol. The molecule has 0 bridgehead atoms. The fraction of sp³-hybridized carbons (Fsp3) is 0.286. The Bertz CT molecular complexity index is 563. The van der Waals surface area contributed by atoms with Gasteiger partial charge in [-0.15, -0.1) is 11.3 Å². The number of benzene rings is 1. The van der Waals surface area contributed by atoms with Gasteiger partial charge in [-0.05, 0) is 65.6 Å². The molecule has 0 fully saturated rings. The molecule has 2 aromatic rings. The maximum absolute atomic E-state index is 13.1. The first-order valence-electron chi connectivity index (χ1n) is 5.88. The molecular weight excluding hydrogens is 393 g/mol. The SMILES string of the molecule is CNC(Cc1ccc(F)cc1Br)c1cc(C)c(Br)s1. The van der Waals surface area contributed by atoms with Crippen LogP contribution in [0.25, 0.3) is 0 Å². The van der Waals surface area contributed by atoms with Crippen molar-refractivity contribution < 1.29 is 4.39 Å². The predicted molar refractivity (Wildman–Crippen MR) is 86.4 cm³/mol. The molecular formula is C14H14Br2FNS. The number of hydrogen-bond acceptors (Lipinski definition) is 2. The van der Waals surface area contributed by atoms with E-state index < -0.39 is 0 Å². The Morgan fingerprint density at radius 3 is 2.58 bits per heavy atom. The highest BCUT2D eigenvalue weighted by Gasteiger charge is 2.15. The molecule has 0 saturated heterocycles. The van der Waals surface area contributed by atoms with Gasteiger partial charge in [0.15, 0.2) is 0 Å². The standard InChI is InChI=1S/C14H14Br2FNS/c1-8-5-13(19-14(8)16)12(18-2)6-9-3-4-10(17)7-11(9)15/h3-5,7,12,18H,6H2,1-2H3. The van der Waals surface area contributed by atoms with Crippen LogP contribution in [-0.4, -0.2) is 7.05 Å². The van der Waals surface area contributed by atoms with Crippen LogP contribution in [0.15, 0.2) is 32.5 Å². The second kappa shape index (κ2) is 6.48. The summed E-state index contributed by atoms with van der Waals surface area (Å²) in [6.45, 7) is 2.09. The molecule has 19 heavy (non-hydrogen) atoms. The molecule has 1 N–H and O–H groups in total. The van der Waals surface area contributed by atoms with Gasteiger partial charge in [0.2, 0.25) is 0 Å². The van der Waals surface area contributed by atoms with Crippen molar-refractivity contribution in [2.75, 3.05) is 7.05 Å². The number of nitrogens with one attached hydrogen (secondary N) is 1. The van der Waals surface area contributed by atoms with Gasteiger partial charge in [-0.3, -0.25) is 0 Å². The van der Waals surface area contributed by atoms with Crippen molar-refractivity contribution in [1.29, 1.82) is 0 Å². The second-order valence-electron chi connectivity index (χ2n) is 4.39. The number of aryl methyl sites for hydroxylation is 1. The van der Waals surface area contributed by atoms with E-state index in [4.69, 9.17) is 0 Å². The molecule has 1 aromatic carbocycles. The molecule has 0 aliphatic carbocycles. The van der Waals surface area contributed by atoms with Gasteiger partial charge < -0.3 is 5.32 Å². The highest BCUT2D eigenvalue weighted by Crippen LogP contribution is 2.33. The van der Waals surface area contributed by atoms with Crippen LogP contribution in [0.3, 0.4) is 0 Å². The molecule has 0 saturated carbocycles. The van der Waals surface area contributed by atoms with Gasteiger partial charge in [0, 0.05) is 15.4 Å². The van der Waals surface area contributed by atoms with Crippen LogP contribution in [0.4, 0.5) is 4.39 Å². The first kappa shape index (κ1) is 15.2. The Balaban J connectivity index is 2.23. The maximum atomic E-state index is 13.1. The van der Waals surface area contributed by atoms with Crippen molar-refractivity contribution in [3.05, 3.63) is 54.3 Å². The molecule has 0 spiro atoms. The lowest BCUT2D eigenvalue weighted by atomic mass is 10.0. The molecule has 0 radical (unpaired) electrons. The van der Waals surface area contributed by atoms with Crippen molar-refractivity contribution in [3.8, 4) is 0 Å². The Labute approximate surface area is 133 Å². The van der Waals surface area contributed by atoms with Crippen LogP contribution < -0.4 is 5.32 Å². The van der Waals surface area contributed by atoms with Crippen LogP contribution >= 0.6 is 43.2 Å². The summed E-state index contributed by atoms with van der Waals surface area (Å²) in [5.41, 5.74) is 2.35. The van der Waals surface area contributed by atoms with E-state index in [1.54, 1.807) is 11.3 Å². The van der Waals surface area contributed by atoms with E-state index in [0.717, 1.165) is 16.5 Å². The summed E-state index contributed by atoms with van der Waals surface area (Å²) in [4.78, 5) is 1.28. The van der Waals surface area contributed by atoms with E-state index in [-0.39, 0.29) is 11.9 Å². The molecule has 102 valence electrons. The molecule has 1 atom stereocenters. The summed E-state index contributed by atoms with van der Waals surface area (Å²) in [5, 5.41) is 3.32. The molecule has 0 aliphatic rings. The summed E-state index contributed by atoms with van der Waals surface area (Å²) in [6.07, 6.45) is 0.823. The fourth-order valence-corrected chi connectivity index (χ4v) is 4.10. The zero-order valence-corrected chi connectivity index (χ0v) is 14.6. The molecule has 1 heterocycles. The van der Waals surface area contributed by atoms with Crippen LogP contribution in [0.5, 0.6) is 0 Å². The van der Waals surface area contributed by atoms with E-state index in [0.29, 0.717) is 0 Å². The van der Waals surface area contributed by atoms with Gasteiger partial charge in [0.25, 0.3) is 0 Å². The molecule has 2 rings (SSSR count). The summed E-state index contributed by atoms with van der Waals surface area (Å²) in [6, 6.07) is 7.27. The minimum absolute atomic E-state index is 0.216. The lowest BCUT2D eigenvalue weighted by Gasteiger charge is -2.15. The maximum Gasteiger partial charge on any atom is 0.124 e. The molecule has 1 aromatic heterocycles. The van der Waals surface area contributed by atoms with Crippen molar-refractivity contribution in [2.45, 2.75) is 19.4 Å². The predicted octanol–water partition coefficient (Wildman–Crippen LogP) is 5.22. The van der Waals surface area contributed by atoms with Gasteiger partial charge in [-0.1, -0.05) is 22.0 Å². The Kier molecular flexibility index (Phi) is 5.17. The minimum Gasteiger partial charge on any atom is -0.312 e. The zero-order valence-electron chi connectivity index (χ0n) is 10.6. The van der Waals surface area contributed by atoms with E-state index in [1.165, 1.54) is 26.4 Å². The van der Waals surface area contributed by atoms with E-state index in [2.05, 4.69) is 50.2 Å². The smallest absolute Gasteiger partial charge is 0.124 e. The number of halogens is 3. The van der Waals surface area contributed by atoms with Crippen LogP contribution in [0, 0.1) is 12.7 Å². The number of rotatable bonds is 4. The molecule has 0 amide bonds. The minimum atomic E-state index is -0.216. The van der Waals surface area contributed by atoms with Crippen molar-refractivity contribution in [1.82, 2.24) is 5.32 Å². The normalized spacial score (nSPS) is 12.7. The highest BCUT2D eigenvalue weighted by atomic mass is 79.9. The number of thiophene rings is 1. The molecule has 1 unspecified atom stereocenters. The third-order valence-corrected chi connectivity index (χ3v) is 6.00. The number of hydrogen-bond donors (Lipinski definition) is 1. The van der Waals surface area contributed by atoms with E-state index in [9.17, 15) is 4.39 Å². The van der Waals surface area contributed by atoms with Crippen LogP contribution in [0.1, 0.15) is 22.0 Å². The molecule has 5 heteroatoms. The van der Waals surface area contributed by atoms with E-state index >= 15 is 0 Å². The topological polar surface area (TPSA) is 12.0 Å². The first-order chi connectivity index (χ1) is 9.01. The Morgan fingerprint density at radius 2 is 2.05 bits per heavy atom. The molecule has 0 aliphatic heterocycles. The third-order valence-electron chi connectivity index (χ3n) is 3.01. The summed E-state index contributed by atoms with van der Waals surface area (Å²) in [5.74, 6) is -0.216. The average molecular weight is 407 g/mol. The number of likely N-dealkylation sites (N-methyl/N-ethyl adjacent to an activating group) is 1. The molecule has 1 nitrogen and oxygen atoms in total. The summed E-state index contributed by atoms with van der Waals surface area (Å²) >= 11 is 8.72. The van der Waals surface area contributed by atoms with E-state index in [1.807, 2.05) is 13.1 Å². The van der Waals surface area contributed by atoms with Crippen LogP contribution in [-0.2, 0) is 6.42 Å². The Morgan fingerprint density at radius 1 is 1.32 bits per heavy atom. The lowest BCUT2D eigenvalue weighted by Crippen LogP contribution is -2.17. The largest absolute Gasteiger partial charge is 0.312 e. The van der Waals surface area contributed by atoms with Crippen LogP contribution in [0.2, 0.25) is 0 Å². The second-order valence-corrected chi connectivity index (χ2v) is 7.64. The zero-order chi connectivity index (χ0) is 14.0. The quantitative estimate of drug-likeness (QED) is 0.733.